The summed E-state index contributed by atoms with van der Waals surface area (Å²) in [5.41, 5.74) is 2.59. The first-order valence-corrected chi connectivity index (χ1v) is 8.35. The van der Waals surface area contributed by atoms with Crippen LogP contribution in [0, 0.1) is 6.92 Å². The van der Waals surface area contributed by atoms with Crippen LogP contribution >= 0.6 is 0 Å². The summed E-state index contributed by atoms with van der Waals surface area (Å²) in [6, 6.07) is 10.8. The number of hydrogen-bond acceptors (Lipinski definition) is 3. The van der Waals surface area contributed by atoms with Crippen molar-refractivity contribution in [3.63, 3.8) is 0 Å². The molecule has 2 atom stereocenters. The predicted octanol–water partition coefficient (Wildman–Crippen LogP) is 3.58. The zero-order valence-corrected chi connectivity index (χ0v) is 13.8. The number of carbonyl (C=O) groups is 1. The van der Waals surface area contributed by atoms with E-state index in [0.29, 0.717) is 11.6 Å². The molecule has 0 saturated carbocycles. The van der Waals surface area contributed by atoms with Gasteiger partial charge in [0.05, 0.1) is 11.9 Å². The molecule has 1 aromatic carbocycles. The van der Waals surface area contributed by atoms with E-state index in [1.807, 2.05) is 17.9 Å². The van der Waals surface area contributed by atoms with E-state index in [2.05, 4.69) is 41.2 Å². The number of amides is 1. The van der Waals surface area contributed by atoms with Crippen molar-refractivity contribution in [1.29, 1.82) is 0 Å². The number of hydrogen-bond donors (Lipinski definition) is 0. The van der Waals surface area contributed by atoms with E-state index in [-0.39, 0.29) is 11.9 Å². The highest BCUT2D eigenvalue weighted by molar-refractivity contribution is 5.92. The van der Waals surface area contributed by atoms with Crippen LogP contribution in [0.25, 0.3) is 0 Å². The summed E-state index contributed by atoms with van der Waals surface area (Å²) in [5, 5.41) is 0. The van der Waals surface area contributed by atoms with Crippen molar-refractivity contribution < 1.29 is 4.79 Å². The van der Waals surface area contributed by atoms with Gasteiger partial charge in [-0.2, -0.15) is 0 Å². The molecule has 0 bridgehead atoms. The van der Waals surface area contributed by atoms with Crippen LogP contribution in [0.1, 0.15) is 53.8 Å². The topological polar surface area (TPSA) is 46.1 Å². The van der Waals surface area contributed by atoms with Gasteiger partial charge in [-0.05, 0) is 31.7 Å². The first-order chi connectivity index (χ1) is 11.2. The van der Waals surface area contributed by atoms with E-state index >= 15 is 0 Å². The van der Waals surface area contributed by atoms with Crippen molar-refractivity contribution in [1.82, 2.24) is 14.9 Å². The summed E-state index contributed by atoms with van der Waals surface area (Å²) in [4.78, 5) is 23.3. The average molecular weight is 309 g/mol. The first-order valence-electron chi connectivity index (χ1n) is 8.35. The Bertz CT molecular complexity index is 654. The van der Waals surface area contributed by atoms with Gasteiger partial charge in [0.1, 0.15) is 5.69 Å². The fourth-order valence-corrected chi connectivity index (χ4v) is 3.54. The minimum absolute atomic E-state index is 0.00869. The quantitative estimate of drug-likeness (QED) is 0.867. The first kappa shape index (κ1) is 15.7. The summed E-state index contributed by atoms with van der Waals surface area (Å²) in [6.07, 6.45) is 6.39. The molecule has 4 nitrogen and oxygen atoms in total. The van der Waals surface area contributed by atoms with E-state index in [4.69, 9.17) is 0 Å². The van der Waals surface area contributed by atoms with E-state index in [1.54, 1.807) is 12.4 Å². The van der Waals surface area contributed by atoms with Crippen LogP contribution in [0.3, 0.4) is 0 Å². The largest absolute Gasteiger partial charge is 0.334 e. The monoisotopic (exact) mass is 309 g/mol. The van der Waals surface area contributed by atoms with Gasteiger partial charge >= 0.3 is 0 Å². The lowest BCUT2D eigenvalue weighted by molar-refractivity contribution is 0.0708. The second-order valence-electron chi connectivity index (χ2n) is 6.18. The SMILES string of the molecule is CC[C@H](c1ccccc1)[C@H]1CCCN1C(=O)c1cnc(C)cn1. The maximum atomic E-state index is 12.8. The van der Waals surface area contributed by atoms with Gasteiger partial charge < -0.3 is 4.90 Å². The Hall–Kier alpha value is -2.23. The van der Waals surface area contributed by atoms with Crippen molar-refractivity contribution in [2.24, 2.45) is 0 Å². The van der Waals surface area contributed by atoms with Crippen LogP contribution in [0.2, 0.25) is 0 Å². The number of likely N-dealkylation sites (tertiary alicyclic amines) is 1. The Kier molecular flexibility index (Phi) is 4.70. The van der Waals surface area contributed by atoms with Gasteiger partial charge in [-0.1, -0.05) is 37.3 Å². The Morgan fingerprint density at radius 1 is 1.26 bits per heavy atom. The smallest absolute Gasteiger partial charge is 0.274 e. The Balaban J connectivity index is 1.84. The summed E-state index contributed by atoms with van der Waals surface area (Å²) in [6.45, 7) is 4.88. The van der Waals surface area contributed by atoms with E-state index in [1.165, 1.54) is 5.56 Å². The van der Waals surface area contributed by atoms with Gasteiger partial charge in [-0.25, -0.2) is 4.98 Å². The molecule has 4 heteroatoms. The zero-order chi connectivity index (χ0) is 16.2. The molecule has 0 radical (unpaired) electrons. The lowest BCUT2D eigenvalue weighted by atomic mass is 9.87. The van der Waals surface area contributed by atoms with Gasteiger partial charge in [0.15, 0.2) is 0 Å². The number of nitrogens with zero attached hydrogens (tertiary/aromatic N) is 3. The molecule has 2 aromatic rings. The Labute approximate surface area is 137 Å². The third-order valence-electron chi connectivity index (χ3n) is 4.69. The van der Waals surface area contributed by atoms with Gasteiger partial charge in [-0.3, -0.25) is 9.78 Å². The second kappa shape index (κ2) is 6.90. The van der Waals surface area contributed by atoms with Crippen LogP contribution in [0.5, 0.6) is 0 Å². The molecule has 120 valence electrons. The molecule has 3 rings (SSSR count). The van der Waals surface area contributed by atoms with Crippen molar-refractivity contribution >= 4 is 5.91 Å². The van der Waals surface area contributed by atoms with E-state index < -0.39 is 0 Å². The fraction of sp³-hybridized carbons (Fsp3) is 0.421. The summed E-state index contributed by atoms with van der Waals surface area (Å²) >= 11 is 0. The van der Waals surface area contributed by atoms with Gasteiger partial charge in [-0.15, -0.1) is 0 Å². The number of carbonyl (C=O) groups excluding carboxylic acids is 1. The molecule has 0 N–H and O–H groups in total. The van der Waals surface area contributed by atoms with Crippen LogP contribution in [0.15, 0.2) is 42.7 Å². The molecule has 1 fully saturated rings. The summed E-state index contributed by atoms with van der Waals surface area (Å²) < 4.78 is 0. The van der Waals surface area contributed by atoms with Crippen molar-refractivity contribution in [2.75, 3.05) is 6.54 Å². The molecule has 0 unspecified atom stereocenters. The Morgan fingerprint density at radius 2 is 2.04 bits per heavy atom. The van der Waals surface area contributed by atoms with Crippen molar-refractivity contribution in [3.8, 4) is 0 Å². The zero-order valence-electron chi connectivity index (χ0n) is 13.8. The normalized spacial score (nSPS) is 18.9. The number of aromatic nitrogens is 2. The molecule has 1 aliphatic heterocycles. The molecule has 0 aliphatic carbocycles. The van der Waals surface area contributed by atoms with Crippen LogP contribution in [0.4, 0.5) is 0 Å². The van der Waals surface area contributed by atoms with Gasteiger partial charge in [0, 0.05) is 24.7 Å². The number of benzene rings is 1. The van der Waals surface area contributed by atoms with Crippen LogP contribution in [-0.4, -0.2) is 33.4 Å². The maximum absolute atomic E-state index is 12.8. The standard InChI is InChI=1S/C19H23N3O/c1-3-16(15-8-5-4-6-9-15)18-10-7-11-22(18)19(23)17-13-20-14(2)12-21-17/h4-6,8-9,12-13,16,18H,3,7,10-11H2,1-2H3/t16-,18-/m1/s1. The second-order valence-corrected chi connectivity index (χ2v) is 6.18. The van der Waals surface area contributed by atoms with Crippen LogP contribution in [-0.2, 0) is 0 Å². The van der Waals surface area contributed by atoms with E-state index in [9.17, 15) is 4.79 Å². The molecule has 1 saturated heterocycles. The molecule has 1 aromatic heterocycles. The number of rotatable bonds is 4. The van der Waals surface area contributed by atoms with Gasteiger partial charge in [0.2, 0.25) is 0 Å². The minimum Gasteiger partial charge on any atom is -0.334 e. The molecule has 2 heterocycles. The third-order valence-corrected chi connectivity index (χ3v) is 4.69. The van der Waals surface area contributed by atoms with Crippen molar-refractivity contribution in [2.45, 2.75) is 45.1 Å². The average Bonchev–Trinajstić information content (AvgIpc) is 3.06. The molecular weight excluding hydrogens is 286 g/mol. The number of aryl methyl sites for hydroxylation is 1. The molecule has 1 amide bonds. The molecule has 23 heavy (non-hydrogen) atoms. The fourth-order valence-electron chi connectivity index (χ4n) is 3.54. The lowest BCUT2D eigenvalue weighted by Crippen LogP contribution is -2.39. The highest BCUT2D eigenvalue weighted by Gasteiger charge is 2.35. The minimum atomic E-state index is 0.00869. The third kappa shape index (κ3) is 3.26. The highest BCUT2D eigenvalue weighted by Crippen LogP contribution is 2.34. The summed E-state index contributed by atoms with van der Waals surface area (Å²) in [7, 11) is 0. The summed E-state index contributed by atoms with van der Waals surface area (Å²) in [5.74, 6) is 0.385. The van der Waals surface area contributed by atoms with E-state index in [0.717, 1.165) is 31.5 Å². The molecular formula is C19H23N3O. The van der Waals surface area contributed by atoms with Crippen LogP contribution < -0.4 is 0 Å². The predicted molar refractivity (Wildman–Crippen MR) is 90.3 cm³/mol. The van der Waals surface area contributed by atoms with Crippen molar-refractivity contribution in [3.05, 3.63) is 59.7 Å². The highest BCUT2D eigenvalue weighted by atomic mass is 16.2. The Morgan fingerprint density at radius 3 is 2.70 bits per heavy atom. The molecule has 1 aliphatic rings. The molecule has 0 spiro atoms. The van der Waals surface area contributed by atoms with Gasteiger partial charge in [0.25, 0.3) is 5.91 Å². The lowest BCUT2D eigenvalue weighted by Gasteiger charge is -2.31. The maximum Gasteiger partial charge on any atom is 0.274 e.